The van der Waals surface area contributed by atoms with Crippen LogP contribution in [0.15, 0.2) is 24.3 Å². The topological polar surface area (TPSA) is 59.6 Å². The minimum atomic E-state index is -0.305. The second-order valence-electron chi connectivity index (χ2n) is 6.30. The van der Waals surface area contributed by atoms with E-state index in [9.17, 15) is 4.79 Å². The van der Waals surface area contributed by atoms with Gasteiger partial charge in [0.15, 0.2) is 5.11 Å². The second kappa shape index (κ2) is 9.19. The molecule has 0 fully saturated rings. The maximum absolute atomic E-state index is 12.4. The predicted octanol–water partition coefficient (Wildman–Crippen LogP) is 5.01. The molecule has 0 saturated heterocycles. The first-order valence-corrected chi connectivity index (χ1v) is 10.4. The molecule has 27 heavy (non-hydrogen) atoms. The molecule has 2 aromatic rings. The highest BCUT2D eigenvalue weighted by Crippen LogP contribution is 2.38. The Morgan fingerprint density at radius 2 is 1.89 bits per heavy atom. The molecule has 5 nitrogen and oxygen atoms in total. The minimum absolute atomic E-state index is 0.305. The van der Waals surface area contributed by atoms with Crippen LogP contribution in [-0.2, 0) is 17.6 Å². The lowest BCUT2D eigenvalue weighted by molar-refractivity contribution is 0.0601. The normalized spacial score (nSPS) is 13.3. The molecular formula is C20H24N2O3S2. The fourth-order valence-electron chi connectivity index (χ4n) is 3.22. The highest BCUT2D eigenvalue weighted by Gasteiger charge is 2.25. The molecule has 3 rings (SSSR count). The Morgan fingerprint density at radius 3 is 2.59 bits per heavy atom. The Balaban J connectivity index is 1.76. The van der Waals surface area contributed by atoms with Crippen molar-refractivity contribution in [2.75, 3.05) is 24.4 Å². The molecule has 0 bridgehead atoms. The van der Waals surface area contributed by atoms with E-state index in [1.807, 2.05) is 31.2 Å². The average molecular weight is 405 g/mol. The number of thiocarbonyl (C=S) groups is 1. The molecule has 0 atom stereocenters. The number of nitrogens with one attached hydrogen (secondary N) is 2. The largest absolute Gasteiger partial charge is 0.494 e. The second-order valence-corrected chi connectivity index (χ2v) is 7.81. The van der Waals surface area contributed by atoms with Gasteiger partial charge in [0.2, 0.25) is 0 Å². The van der Waals surface area contributed by atoms with Crippen LogP contribution in [-0.4, -0.2) is 24.8 Å². The van der Waals surface area contributed by atoms with Crippen LogP contribution in [0.1, 0.15) is 47.0 Å². The van der Waals surface area contributed by atoms with Crippen LogP contribution in [0.4, 0.5) is 10.7 Å². The summed E-state index contributed by atoms with van der Waals surface area (Å²) in [6.45, 7) is 2.58. The summed E-state index contributed by atoms with van der Waals surface area (Å²) in [6, 6.07) is 7.59. The first kappa shape index (κ1) is 19.6. The van der Waals surface area contributed by atoms with Crippen LogP contribution in [0.5, 0.6) is 5.75 Å². The number of thiophene rings is 1. The zero-order valence-electron chi connectivity index (χ0n) is 15.6. The highest BCUT2D eigenvalue weighted by molar-refractivity contribution is 7.80. The number of methoxy groups -OCH3 is 1. The molecule has 0 saturated carbocycles. The number of fused-ring (bicyclic) bond motifs is 1. The van der Waals surface area contributed by atoms with Gasteiger partial charge in [-0.15, -0.1) is 11.3 Å². The molecule has 1 aliphatic rings. The van der Waals surface area contributed by atoms with Gasteiger partial charge in [0.1, 0.15) is 10.8 Å². The van der Waals surface area contributed by atoms with E-state index in [1.165, 1.54) is 18.4 Å². The van der Waals surface area contributed by atoms with Crippen LogP contribution in [0.2, 0.25) is 0 Å². The van der Waals surface area contributed by atoms with Gasteiger partial charge in [-0.1, -0.05) is 6.42 Å². The van der Waals surface area contributed by atoms with Gasteiger partial charge in [0, 0.05) is 10.6 Å². The molecule has 7 heteroatoms. The van der Waals surface area contributed by atoms with E-state index in [4.69, 9.17) is 21.7 Å². The molecule has 0 unspecified atom stereocenters. The van der Waals surface area contributed by atoms with Crippen molar-refractivity contribution in [3.63, 3.8) is 0 Å². The smallest absolute Gasteiger partial charge is 0.341 e. The van der Waals surface area contributed by atoms with Crippen LogP contribution in [0.3, 0.4) is 0 Å². The number of ether oxygens (including phenoxy) is 2. The summed E-state index contributed by atoms with van der Waals surface area (Å²) in [4.78, 5) is 13.6. The van der Waals surface area contributed by atoms with E-state index in [1.54, 1.807) is 11.3 Å². The number of benzene rings is 1. The van der Waals surface area contributed by atoms with Crippen molar-refractivity contribution in [1.82, 2.24) is 0 Å². The zero-order valence-corrected chi connectivity index (χ0v) is 17.2. The van der Waals surface area contributed by atoms with Gasteiger partial charge in [-0.25, -0.2) is 4.79 Å². The van der Waals surface area contributed by atoms with Gasteiger partial charge in [0.25, 0.3) is 0 Å². The van der Waals surface area contributed by atoms with Crippen molar-refractivity contribution in [1.29, 1.82) is 0 Å². The summed E-state index contributed by atoms with van der Waals surface area (Å²) in [7, 11) is 1.42. The van der Waals surface area contributed by atoms with Crippen LogP contribution < -0.4 is 15.4 Å². The van der Waals surface area contributed by atoms with Crippen molar-refractivity contribution in [3.05, 3.63) is 40.3 Å². The molecule has 0 aliphatic heterocycles. The van der Waals surface area contributed by atoms with Crippen LogP contribution >= 0.6 is 23.6 Å². The van der Waals surface area contributed by atoms with E-state index >= 15 is 0 Å². The third-order valence-electron chi connectivity index (χ3n) is 4.46. The summed E-state index contributed by atoms with van der Waals surface area (Å²) >= 11 is 7.06. The number of hydrogen-bond donors (Lipinski definition) is 2. The van der Waals surface area contributed by atoms with Crippen molar-refractivity contribution in [3.8, 4) is 5.75 Å². The Kier molecular flexibility index (Phi) is 6.68. The Morgan fingerprint density at radius 1 is 1.15 bits per heavy atom. The number of esters is 1. The van der Waals surface area contributed by atoms with Crippen LogP contribution in [0.25, 0.3) is 0 Å². The molecule has 1 aromatic heterocycles. The van der Waals surface area contributed by atoms with E-state index < -0.39 is 0 Å². The summed E-state index contributed by atoms with van der Waals surface area (Å²) in [5.41, 5.74) is 2.61. The zero-order chi connectivity index (χ0) is 19.2. The molecule has 1 aliphatic carbocycles. The van der Waals surface area contributed by atoms with Crippen molar-refractivity contribution in [2.24, 2.45) is 0 Å². The molecule has 144 valence electrons. The standard InChI is InChI=1S/C20H24N2O3S2/c1-3-25-14-11-9-13(10-12-14)21-20(26)22-18-17(19(23)24-2)15-7-5-4-6-8-16(15)27-18/h9-12H,3-8H2,1-2H3,(H2,21,22,26). The third kappa shape index (κ3) is 4.78. The number of carbonyl (C=O) groups is 1. The average Bonchev–Trinajstić information content (AvgIpc) is 2.83. The molecular weight excluding hydrogens is 380 g/mol. The molecule has 0 spiro atoms. The van der Waals surface area contributed by atoms with Crippen LogP contribution in [0, 0.1) is 0 Å². The molecule has 1 heterocycles. The molecule has 0 amide bonds. The van der Waals surface area contributed by atoms with Gasteiger partial charge < -0.3 is 20.1 Å². The van der Waals surface area contributed by atoms with Crippen molar-refractivity contribution in [2.45, 2.75) is 39.0 Å². The maximum atomic E-state index is 12.4. The maximum Gasteiger partial charge on any atom is 0.341 e. The van der Waals surface area contributed by atoms with Gasteiger partial charge in [-0.05, 0) is 74.7 Å². The summed E-state index contributed by atoms with van der Waals surface area (Å²) in [6.07, 6.45) is 5.37. The van der Waals surface area contributed by atoms with Gasteiger partial charge in [-0.2, -0.15) is 0 Å². The lowest BCUT2D eigenvalue weighted by atomic mass is 10.1. The number of anilines is 2. The molecule has 0 radical (unpaired) electrons. The quantitative estimate of drug-likeness (QED) is 0.415. The lowest BCUT2D eigenvalue weighted by Crippen LogP contribution is -2.20. The first-order chi connectivity index (χ1) is 13.1. The van der Waals surface area contributed by atoms with Gasteiger partial charge >= 0.3 is 5.97 Å². The summed E-state index contributed by atoms with van der Waals surface area (Å²) in [5.74, 6) is 0.512. The lowest BCUT2D eigenvalue weighted by Gasteiger charge is -2.12. The van der Waals surface area contributed by atoms with E-state index in [0.29, 0.717) is 17.3 Å². The minimum Gasteiger partial charge on any atom is -0.494 e. The van der Waals surface area contributed by atoms with Crippen molar-refractivity contribution >= 4 is 45.3 Å². The fourth-order valence-corrected chi connectivity index (χ4v) is 4.78. The Labute approximate surface area is 169 Å². The highest BCUT2D eigenvalue weighted by atomic mass is 32.1. The number of carbonyl (C=O) groups excluding carboxylic acids is 1. The number of hydrogen-bond acceptors (Lipinski definition) is 5. The monoisotopic (exact) mass is 404 g/mol. The number of rotatable bonds is 5. The SMILES string of the molecule is CCOc1ccc(NC(=S)Nc2sc3c(c2C(=O)OC)CCCCC3)cc1. The number of aryl methyl sites for hydroxylation is 1. The first-order valence-electron chi connectivity index (χ1n) is 9.16. The predicted molar refractivity (Wildman–Crippen MR) is 114 cm³/mol. The van der Waals surface area contributed by atoms with Crippen molar-refractivity contribution < 1.29 is 14.3 Å². The fraction of sp³-hybridized carbons (Fsp3) is 0.400. The van der Waals surface area contributed by atoms with Gasteiger partial charge in [-0.3, -0.25) is 0 Å². The Bertz CT molecular complexity index is 815. The van der Waals surface area contributed by atoms with Gasteiger partial charge in [0.05, 0.1) is 19.3 Å². The van der Waals surface area contributed by atoms with E-state index in [0.717, 1.165) is 47.7 Å². The summed E-state index contributed by atoms with van der Waals surface area (Å²) in [5, 5.41) is 7.56. The third-order valence-corrected chi connectivity index (χ3v) is 5.87. The van der Waals surface area contributed by atoms with E-state index in [-0.39, 0.29) is 5.97 Å². The van der Waals surface area contributed by atoms with E-state index in [2.05, 4.69) is 10.6 Å². The molecule has 1 aromatic carbocycles. The summed E-state index contributed by atoms with van der Waals surface area (Å²) < 4.78 is 10.5. The Hall–Kier alpha value is -2.12. The molecule has 2 N–H and O–H groups in total.